The van der Waals surface area contributed by atoms with Crippen LogP contribution in [0.25, 0.3) is 16.9 Å². The van der Waals surface area contributed by atoms with Gasteiger partial charge in [0.1, 0.15) is 5.82 Å². The summed E-state index contributed by atoms with van der Waals surface area (Å²) in [5.74, 6) is -1.54. The van der Waals surface area contributed by atoms with Gasteiger partial charge in [-0.25, -0.2) is 9.18 Å². The van der Waals surface area contributed by atoms with Crippen molar-refractivity contribution in [1.82, 2.24) is 5.16 Å². The zero-order chi connectivity index (χ0) is 14.2. The van der Waals surface area contributed by atoms with Crippen LogP contribution in [-0.2, 0) is 0 Å². The minimum atomic E-state index is -1.21. The van der Waals surface area contributed by atoms with E-state index in [0.29, 0.717) is 11.1 Å². The van der Waals surface area contributed by atoms with Gasteiger partial charge in [-0.2, -0.15) is 0 Å². The smallest absolute Gasteiger partial charge is 0.358 e. The molecule has 1 aromatic carbocycles. The van der Waals surface area contributed by atoms with Crippen molar-refractivity contribution in [1.29, 1.82) is 0 Å². The number of aromatic nitrogens is 1. The molecule has 0 spiro atoms. The Labute approximate surface area is 108 Å². The number of carboxylic acid groups (broad SMARTS) is 1. The van der Waals surface area contributed by atoms with E-state index in [-0.39, 0.29) is 22.7 Å². The van der Waals surface area contributed by atoms with Crippen LogP contribution in [-0.4, -0.2) is 16.2 Å². The van der Waals surface area contributed by atoms with Crippen molar-refractivity contribution in [3.05, 3.63) is 41.9 Å². The molecule has 2 rings (SSSR count). The molecular formula is C13H11FN2O3. The van der Waals surface area contributed by atoms with E-state index in [1.165, 1.54) is 18.2 Å². The highest BCUT2D eigenvalue weighted by Gasteiger charge is 2.18. The number of benzene rings is 1. The minimum absolute atomic E-state index is 0.139. The monoisotopic (exact) mass is 262 g/mol. The SMILES string of the molecule is C=C(C)c1c(F)ccc(-c2cc(C(=O)O)no2)c1N. The van der Waals surface area contributed by atoms with Crippen LogP contribution in [0.15, 0.2) is 29.3 Å². The van der Waals surface area contributed by atoms with E-state index in [4.69, 9.17) is 15.4 Å². The number of carboxylic acids is 1. The Morgan fingerprint density at radius 1 is 1.53 bits per heavy atom. The molecule has 0 aliphatic heterocycles. The van der Waals surface area contributed by atoms with Gasteiger partial charge in [0, 0.05) is 17.2 Å². The number of aromatic carboxylic acids is 1. The van der Waals surface area contributed by atoms with Gasteiger partial charge in [0.05, 0.1) is 5.69 Å². The van der Waals surface area contributed by atoms with Gasteiger partial charge in [-0.05, 0) is 24.6 Å². The molecule has 0 radical (unpaired) electrons. The molecule has 6 heteroatoms. The lowest BCUT2D eigenvalue weighted by atomic mass is 10.00. The maximum Gasteiger partial charge on any atom is 0.358 e. The van der Waals surface area contributed by atoms with Gasteiger partial charge in [0.2, 0.25) is 0 Å². The predicted octanol–water partition coefficient (Wildman–Crippen LogP) is 2.79. The Bertz CT molecular complexity index is 677. The molecule has 5 nitrogen and oxygen atoms in total. The third-order valence-corrected chi connectivity index (χ3v) is 2.62. The molecule has 1 heterocycles. The van der Waals surface area contributed by atoms with E-state index in [2.05, 4.69) is 11.7 Å². The number of hydrogen-bond donors (Lipinski definition) is 2. The van der Waals surface area contributed by atoms with Gasteiger partial charge in [-0.15, -0.1) is 0 Å². The number of nitrogen functional groups attached to an aromatic ring is 1. The average Bonchev–Trinajstić information content (AvgIpc) is 2.77. The molecule has 0 amide bonds. The van der Waals surface area contributed by atoms with Gasteiger partial charge in [-0.1, -0.05) is 11.7 Å². The van der Waals surface area contributed by atoms with Crippen molar-refractivity contribution in [2.24, 2.45) is 0 Å². The molecular weight excluding hydrogens is 251 g/mol. The van der Waals surface area contributed by atoms with Crippen LogP contribution in [0, 0.1) is 5.82 Å². The van der Waals surface area contributed by atoms with Crippen molar-refractivity contribution in [2.45, 2.75) is 6.92 Å². The summed E-state index contributed by atoms with van der Waals surface area (Å²) in [5, 5.41) is 12.2. The van der Waals surface area contributed by atoms with Crippen LogP contribution in [0.4, 0.5) is 10.1 Å². The van der Waals surface area contributed by atoms with Crippen molar-refractivity contribution >= 4 is 17.2 Å². The Morgan fingerprint density at radius 2 is 2.21 bits per heavy atom. The Hall–Kier alpha value is -2.63. The van der Waals surface area contributed by atoms with Crippen LogP contribution < -0.4 is 5.73 Å². The Balaban J connectivity index is 2.59. The molecule has 1 aromatic heterocycles. The lowest BCUT2D eigenvalue weighted by Gasteiger charge is -2.09. The summed E-state index contributed by atoms with van der Waals surface area (Å²) in [5.41, 5.74) is 6.79. The zero-order valence-corrected chi connectivity index (χ0v) is 10.1. The molecule has 0 unspecified atom stereocenters. The summed E-state index contributed by atoms with van der Waals surface area (Å²) in [6, 6.07) is 3.86. The lowest BCUT2D eigenvalue weighted by molar-refractivity contribution is 0.0686. The molecule has 0 saturated carbocycles. The van der Waals surface area contributed by atoms with Gasteiger partial charge >= 0.3 is 5.97 Å². The summed E-state index contributed by atoms with van der Waals surface area (Å²) in [7, 11) is 0. The van der Waals surface area contributed by atoms with E-state index in [9.17, 15) is 9.18 Å². The number of rotatable bonds is 3. The fourth-order valence-electron chi connectivity index (χ4n) is 1.74. The summed E-state index contributed by atoms with van der Waals surface area (Å²) < 4.78 is 18.6. The number of carbonyl (C=O) groups is 1. The summed E-state index contributed by atoms with van der Waals surface area (Å²) in [6.45, 7) is 5.28. The van der Waals surface area contributed by atoms with Gasteiger partial charge in [0.25, 0.3) is 0 Å². The van der Waals surface area contributed by atoms with E-state index in [1.807, 2.05) is 0 Å². The molecule has 2 aromatic rings. The topological polar surface area (TPSA) is 89.3 Å². The number of hydrogen-bond acceptors (Lipinski definition) is 4. The summed E-state index contributed by atoms with van der Waals surface area (Å²) in [4.78, 5) is 10.7. The number of nitrogens with zero attached hydrogens (tertiary/aromatic N) is 1. The Kier molecular flexibility index (Phi) is 3.08. The van der Waals surface area contributed by atoms with Crippen LogP contribution in [0.2, 0.25) is 0 Å². The van der Waals surface area contributed by atoms with Crippen molar-refractivity contribution in [3.8, 4) is 11.3 Å². The largest absolute Gasteiger partial charge is 0.476 e. The van der Waals surface area contributed by atoms with E-state index >= 15 is 0 Å². The first-order chi connectivity index (χ1) is 8.91. The predicted molar refractivity (Wildman–Crippen MR) is 68.0 cm³/mol. The second-order valence-electron chi connectivity index (χ2n) is 4.05. The molecule has 0 saturated heterocycles. The second-order valence-corrected chi connectivity index (χ2v) is 4.05. The molecule has 0 fully saturated rings. The molecule has 0 aliphatic carbocycles. The molecule has 19 heavy (non-hydrogen) atoms. The van der Waals surface area contributed by atoms with Crippen molar-refractivity contribution in [3.63, 3.8) is 0 Å². The lowest BCUT2D eigenvalue weighted by Crippen LogP contribution is -1.98. The molecule has 0 atom stereocenters. The van der Waals surface area contributed by atoms with Crippen LogP contribution in [0.3, 0.4) is 0 Å². The summed E-state index contributed by atoms with van der Waals surface area (Å²) >= 11 is 0. The van der Waals surface area contributed by atoms with E-state index in [0.717, 1.165) is 0 Å². The quantitative estimate of drug-likeness (QED) is 0.830. The maximum atomic E-state index is 13.6. The highest BCUT2D eigenvalue weighted by Crippen LogP contribution is 2.33. The van der Waals surface area contributed by atoms with Gasteiger partial charge < -0.3 is 15.4 Å². The molecule has 3 N–H and O–H groups in total. The first-order valence-corrected chi connectivity index (χ1v) is 5.36. The number of anilines is 1. The van der Waals surface area contributed by atoms with E-state index < -0.39 is 11.8 Å². The number of halogens is 1. The fraction of sp³-hybridized carbons (Fsp3) is 0.0769. The minimum Gasteiger partial charge on any atom is -0.476 e. The fourth-order valence-corrected chi connectivity index (χ4v) is 1.74. The van der Waals surface area contributed by atoms with Crippen LogP contribution in [0.1, 0.15) is 23.0 Å². The van der Waals surface area contributed by atoms with Crippen molar-refractivity contribution in [2.75, 3.05) is 5.73 Å². The third kappa shape index (κ3) is 2.20. The van der Waals surface area contributed by atoms with Crippen LogP contribution >= 0.6 is 0 Å². The zero-order valence-electron chi connectivity index (χ0n) is 10.1. The highest BCUT2D eigenvalue weighted by molar-refractivity contribution is 5.89. The maximum absolute atomic E-state index is 13.6. The molecule has 0 aliphatic rings. The highest BCUT2D eigenvalue weighted by atomic mass is 19.1. The van der Waals surface area contributed by atoms with Crippen molar-refractivity contribution < 1.29 is 18.8 Å². The molecule has 98 valence electrons. The molecule has 0 bridgehead atoms. The van der Waals surface area contributed by atoms with Crippen LogP contribution in [0.5, 0.6) is 0 Å². The van der Waals surface area contributed by atoms with E-state index in [1.54, 1.807) is 6.92 Å². The Morgan fingerprint density at radius 3 is 2.74 bits per heavy atom. The number of nitrogens with two attached hydrogens (primary N) is 1. The van der Waals surface area contributed by atoms with Gasteiger partial charge in [-0.3, -0.25) is 0 Å². The third-order valence-electron chi connectivity index (χ3n) is 2.62. The standard InChI is InChI=1S/C13H11FN2O3/c1-6(2)11-8(14)4-3-7(12(11)15)10-5-9(13(17)18)16-19-10/h3-5H,1,15H2,2H3,(H,17,18). The first kappa shape index (κ1) is 12.8. The second kappa shape index (κ2) is 4.56. The summed E-state index contributed by atoms with van der Waals surface area (Å²) in [6.07, 6.45) is 0. The normalized spacial score (nSPS) is 10.4. The number of allylic oxidation sites excluding steroid dienone is 1. The first-order valence-electron chi connectivity index (χ1n) is 5.36. The van der Waals surface area contributed by atoms with Gasteiger partial charge in [0.15, 0.2) is 11.5 Å². The average molecular weight is 262 g/mol.